The highest BCUT2D eigenvalue weighted by molar-refractivity contribution is 8.00. The molecule has 2 rings (SSSR count). The molecule has 0 fully saturated rings. The van der Waals surface area contributed by atoms with Crippen LogP contribution in [0.1, 0.15) is 37.1 Å². The van der Waals surface area contributed by atoms with Crippen LogP contribution in [0.2, 0.25) is 0 Å². The van der Waals surface area contributed by atoms with Crippen molar-refractivity contribution in [1.82, 2.24) is 5.32 Å². The molecule has 0 aromatic heterocycles. The third-order valence-corrected chi connectivity index (χ3v) is 4.61. The molecule has 0 heterocycles. The number of rotatable bonds is 4. The van der Waals surface area contributed by atoms with Crippen LogP contribution >= 0.6 is 11.8 Å². The molecule has 1 aromatic rings. The first-order valence-electron chi connectivity index (χ1n) is 7.17. The Morgan fingerprint density at radius 3 is 2.68 bits per heavy atom. The topological polar surface area (TPSA) is 75.6 Å². The van der Waals surface area contributed by atoms with Gasteiger partial charge >= 0.3 is 12.1 Å². The van der Waals surface area contributed by atoms with Crippen LogP contribution in [0.15, 0.2) is 24.3 Å². The number of fused-ring (bicyclic) bond motifs is 1. The molecule has 5 nitrogen and oxygen atoms in total. The highest BCUT2D eigenvalue weighted by Crippen LogP contribution is 2.41. The predicted octanol–water partition coefficient (Wildman–Crippen LogP) is 2.99. The van der Waals surface area contributed by atoms with Crippen LogP contribution in [0, 0.1) is 0 Å². The van der Waals surface area contributed by atoms with E-state index in [1.54, 1.807) is 0 Å². The summed E-state index contributed by atoms with van der Waals surface area (Å²) in [4.78, 5) is 22.8. The third-order valence-electron chi connectivity index (χ3n) is 3.26. The summed E-state index contributed by atoms with van der Waals surface area (Å²) in [5, 5.41) is 11.7. The number of carbonyl (C=O) groups excluding carboxylic acids is 1. The number of carboxylic acids is 1. The van der Waals surface area contributed by atoms with Gasteiger partial charge in [0.05, 0.1) is 17.0 Å². The maximum Gasteiger partial charge on any atom is 0.407 e. The van der Waals surface area contributed by atoms with Crippen molar-refractivity contribution in [1.29, 1.82) is 0 Å². The molecule has 120 valence electrons. The lowest BCUT2D eigenvalue weighted by molar-refractivity contribution is -0.133. The van der Waals surface area contributed by atoms with E-state index in [0.29, 0.717) is 6.42 Å². The summed E-state index contributed by atoms with van der Waals surface area (Å²) in [6.07, 6.45) is 0.221. The van der Waals surface area contributed by atoms with Gasteiger partial charge in [0, 0.05) is 0 Å². The maximum absolute atomic E-state index is 12.0. The standard InChI is InChI=1S/C16H21NO4S/c1-16(2,3)21-15(20)17-12-8-10-6-4-5-7-11(10)14(12)22-9-13(18)19/h4-7,12,14H,8-9H2,1-3H3,(H,17,20)(H,18,19). The Hall–Kier alpha value is -1.69. The molecule has 0 saturated heterocycles. The van der Waals surface area contributed by atoms with Gasteiger partial charge in [-0.05, 0) is 38.3 Å². The third kappa shape index (κ3) is 4.40. The second-order valence-corrected chi connectivity index (χ2v) is 7.41. The minimum Gasteiger partial charge on any atom is -0.481 e. The van der Waals surface area contributed by atoms with Gasteiger partial charge in [0.1, 0.15) is 5.60 Å². The number of hydrogen-bond donors (Lipinski definition) is 2. The van der Waals surface area contributed by atoms with E-state index in [4.69, 9.17) is 9.84 Å². The lowest BCUT2D eigenvalue weighted by Crippen LogP contribution is -2.40. The number of hydrogen-bond acceptors (Lipinski definition) is 4. The van der Waals surface area contributed by atoms with Crippen molar-refractivity contribution in [3.05, 3.63) is 35.4 Å². The number of nitrogens with one attached hydrogen (secondary N) is 1. The summed E-state index contributed by atoms with van der Waals surface area (Å²) in [5.74, 6) is -0.851. The van der Waals surface area contributed by atoms with Crippen LogP contribution in [-0.2, 0) is 16.0 Å². The molecule has 1 aliphatic carbocycles. The minimum atomic E-state index is -0.856. The van der Waals surface area contributed by atoms with E-state index in [1.165, 1.54) is 11.8 Å². The molecule has 1 aromatic carbocycles. The Labute approximate surface area is 134 Å². The normalized spacial score (nSPS) is 20.3. The molecule has 1 aliphatic rings. The number of aliphatic carboxylic acids is 1. The first-order chi connectivity index (χ1) is 10.3. The molecular weight excluding hydrogens is 302 g/mol. The number of ether oxygens (including phenoxy) is 1. The van der Waals surface area contributed by atoms with Crippen LogP contribution in [0.3, 0.4) is 0 Å². The average molecular weight is 323 g/mol. The van der Waals surface area contributed by atoms with Crippen LogP contribution in [0.25, 0.3) is 0 Å². The zero-order chi connectivity index (χ0) is 16.3. The number of alkyl carbamates (subject to hydrolysis) is 1. The minimum absolute atomic E-state index is 0.00546. The van der Waals surface area contributed by atoms with Gasteiger partial charge in [-0.25, -0.2) is 4.79 Å². The molecule has 2 N–H and O–H groups in total. The molecule has 0 saturated carbocycles. The van der Waals surface area contributed by atoms with Crippen molar-refractivity contribution in [2.75, 3.05) is 5.75 Å². The summed E-state index contributed by atoms with van der Waals surface area (Å²) in [5.41, 5.74) is 1.68. The fraction of sp³-hybridized carbons (Fsp3) is 0.500. The van der Waals surface area contributed by atoms with Crippen molar-refractivity contribution in [2.45, 2.75) is 44.1 Å². The number of thioether (sulfide) groups is 1. The quantitative estimate of drug-likeness (QED) is 0.891. The Morgan fingerprint density at radius 2 is 2.05 bits per heavy atom. The monoisotopic (exact) mass is 323 g/mol. The second-order valence-electron chi connectivity index (χ2n) is 6.28. The first kappa shape index (κ1) is 16.7. The molecule has 0 radical (unpaired) electrons. The Morgan fingerprint density at radius 1 is 1.36 bits per heavy atom. The Kier molecular flexibility index (Phi) is 5.01. The SMILES string of the molecule is CC(C)(C)OC(=O)NC1Cc2ccccc2C1SCC(=O)O. The first-order valence-corrected chi connectivity index (χ1v) is 8.22. The predicted molar refractivity (Wildman–Crippen MR) is 86.1 cm³/mol. The van der Waals surface area contributed by atoms with E-state index in [0.717, 1.165) is 11.1 Å². The lowest BCUT2D eigenvalue weighted by atomic mass is 10.1. The maximum atomic E-state index is 12.0. The lowest BCUT2D eigenvalue weighted by Gasteiger charge is -2.24. The van der Waals surface area contributed by atoms with Crippen molar-refractivity contribution >= 4 is 23.8 Å². The van der Waals surface area contributed by atoms with Gasteiger partial charge in [0.15, 0.2) is 0 Å². The summed E-state index contributed by atoms with van der Waals surface area (Å²) in [6.45, 7) is 5.44. The van der Waals surface area contributed by atoms with Crippen molar-refractivity contribution < 1.29 is 19.4 Å². The molecule has 2 atom stereocenters. The van der Waals surface area contributed by atoms with Crippen LogP contribution < -0.4 is 5.32 Å². The zero-order valence-electron chi connectivity index (χ0n) is 13.0. The van der Waals surface area contributed by atoms with E-state index in [2.05, 4.69) is 5.32 Å². The second kappa shape index (κ2) is 6.60. The number of benzene rings is 1. The highest BCUT2D eigenvalue weighted by Gasteiger charge is 2.35. The zero-order valence-corrected chi connectivity index (χ0v) is 13.8. The summed E-state index contributed by atoms with van der Waals surface area (Å²) >= 11 is 1.33. The smallest absolute Gasteiger partial charge is 0.407 e. The van der Waals surface area contributed by atoms with E-state index in [9.17, 15) is 9.59 Å². The van der Waals surface area contributed by atoms with Gasteiger partial charge in [-0.3, -0.25) is 4.79 Å². The van der Waals surface area contributed by atoms with Gasteiger partial charge in [0.2, 0.25) is 0 Å². The van der Waals surface area contributed by atoms with Crippen molar-refractivity contribution in [3.63, 3.8) is 0 Å². The fourth-order valence-electron chi connectivity index (χ4n) is 2.51. The van der Waals surface area contributed by atoms with E-state index >= 15 is 0 Å². The van der Waals surface area contributed by atoms with E-state index in [1.807, 2.05) is 45.0 Å². The highest BCUT2D eigenvalue weighted by atomic mass is 32.2. The molecule has 1 amide bonds. The number of amides is 1. The summed E-state index contributed by atoms with van der Waals surface area (Å²) in [7, 11) is 0. The van der Waals surface area contributed by atoms with Gasteiger partial charge in [-0.1, -0.05) is 24.3 Å². The van der Waals surface area contributed by atoms with Crippen molar-refractivity contribution in [2.24, 2.45) is 0 Å². The van der Waals surface area contributed by atoms with E-state index < -0.39 is 17.7 Å². The Balaban J connectivity index is 2.09. The van der Waals surface area contributed by atoms with Gasteiger partial charge in [-0.2, -0.15) is 0 Å². The van der Waals surface area contributed by atoms with E-state index in [-0.39, 0.29) is 17.0 Å². The summed E-state index contributed by atoms with van der Waals surface area (Å²) < 4.78 is 5.30. The van der Waals surface area contributed by atoms with Crippen LogP contribution in [0.5, 0.6) is 0 Å². The number of carbonyl (C=O) groups is 2. The van der Waals surface area contributed by atoms with Crippen LogP contribution in [0.4, 0.5) is 4.79 Å². The van der Waals surface area contributed by atoms with Crippen molar-refractivity contribution in [3.8, 4) is 0 Å². The van der Waals surface area contributed by atoms with Gasteiger partial charge < -0.3 is 15.2 Å². The number of carboxylic acid groups (broad SMARTS) is 1. The molecule has 22 heavy (non-hydrogen) atoms. The molecule has 0 aliphatic heterocycles. The molecule has 2 unspecified atom stereocenters. The average Bonchev–Trinajstić information content (AvgIpc) is 2.71. The van der Waals surface area contributed by atoms with Gasteiger partial charge in [-0.15, -0.1) is 11.8 Å². The molecule has 0 spiro atoms. The molecule has 0 bridgehead atoms. The molecule has 6 heteroatoms. The Bertz CT molecular complexity index is 568. The van der Waals surface area contributed by atoms with Gasteiger partial charge in [0.25, 0.3) is 0 Å². The van der Waals surface area contributed by atoms with Crippen LogP contribution in [-0.4, -0.2) is 34.6 Å². The molecular formula is C16H21NO4S. The largest absolute Gasteiger partial charge is 0.481 e. The fourth-order valence-corrected chi connectivity index (χ4v) is 3.64. The summed E-state index contributed by atoms with van der Waals surface area (Å²) in [6, 6.07) is 7.74.